The lowest BCUT2D eigenvalue weighted by molar-refractivity contribution is 0.204. The van der Waals surface area contributed by atoms with Crippen LogP contribution < -0.4 is 10.2 Å². The summed E-state index contributed by atoms with van der Waals surface area (Å²) < 4.78 is 6.11. The third kappa shape index (κ3) is 5.63. The zero-order valence-electron chi connectivity index (χ0n) is 12.8. The van der Waals surface area contributed by atoms with E-state index in [1.165, 1.54) is 0 Å². The standard InChI is InChI=1S/C14H25BrN4O/c1-5-6-16-14-17-9-12(15)13(18-14)19(7-8-20-4)10-11(2)3/h9,11H,5-8,10H2,1-4H3,(H,16,17,18). The Morgan fingerprint density at radius 1 is 1.45 bits per heavy atom. The fourth-order valence-electron chi connectivity index (χ4n) is 1.83. The zero-order chi connectivity index (χ0) is 15.0. The molecule has 6 heteroatoms. The number of hydrogen-bond donors (Lipinski definition) is 1. The van der Waals surface area contributed by atoms with E-state index in [0.717, 1.165) is 36.3 Å². The van der Waals surface area contributed by atoms with Crippen molar-refractivity contribution in [3.05, 3.63) is 10.7 Å². The van der Waals surface area contributed by atoms with Crippen LogP contribution in [0.3, 0.4) is 0 Å². The second-order valence-corrected chi connectivity index (χ2v) is 5.98. The smallest absolute Gasteiger partial charge is 0.224 e. The lowest BCUT2D eigenvalue weighted by Gasteiger charge is -2.26. The number of halogens is 1. The van der Waals surface area contributed by atoms with Crippen molar-refractivity contribution in [3.8, 4) is 0 Å². The predicted molar refractivity (Wildman–Crippen MR) is 87.4 cm³/mol. The molecule has 0 aliphatic carbocycles. The van der Waals surface area contributed by atoms with Gasteiger partial charge in [-0.1, -0.05) is 20.8 Å². The number of rotatable bonds is 9. The molecular weight excluding hydrogens is 320 g/mol. The Hall–Kier alpha value is -0.880. The monoisotopic (exact) mass is 344 g/mol. The van der Waals surface area contributed by atoms with Gasteiger partial charge in [-0.05, 0) is 28.3 Å². The molecule has 1 N–H and O–H groups in total. The molecule has 1 rings (SSSR count). The summed E-state index contributed by atoms with van der Waals surface area (Å²) in [6.07, 6.45) is 2.86. The molecule has 1 aromatic heterocycles. The van der Waals surface area contributed by atoms with Crippen LogP contribution in [0.5, 0.6) is 0 Å². The van der Waals surface area contributed by atoms with Gasteiger partial charge in [0, 0.05) is 32.9 Å². The molecule has 0 saturated carbocycles. The van der Waals surface area contributed by atoms with E-state index in [9.17, 15) is 0 Å². The number of methoxy groups -OCH3 is 1. The largest absolute Gasteiger partial charge is 0.383 e. The van der Waals surface area contributed by atoms with Gasteiger partial charge in [-0.25, -0.2) is 4.98 Å². The molecule has 114 valence electrons. The van der Waals surface area contributed by atoms with Gasteiger partial charge in [0.15, 0.2) is 0 Å². The van der Waals surface area contributed by atoms with Gasteiger partial charge in [0.1, 0.15) is 5.82 Å². The molecule has 5 nitrogen and oxygen atoms in total. The van der Waals surface area contributed by atoms with Crippen LogP contribution in [0.2, 0.25) is 0 Å². The summed E-state index contributed by atoms with van der Waals surface area (Å²) in [4.78, 5) is 11.1. The average molecular weight is 345 g/mol. The minimum Gasteiger partial charge on any atom is -0.383 e. The van der Waals surface area contributed by atoms with Crippen molar-refractivity contribution in [1.82, 2.24) is 9.97 Å². The number of nitrogens with one attached hydrogen (secondary N) is 1. The molecule has 0 aromatic carbocycles. The summed E-state index contributed by atoms with van der Waals surface area (Å²) in [6.45, 7) is 9.83. The van der Waals surface area contributed by atoms with E-state index >= 15 is 0 Å². The van der Waals surface area contributed by atoms with Crippen LogP contribution in [0.15, 0.2) is 10.7 Å². The summed E-state index contributed by atoms with van der Waals surface area (Å²) in [5.41, 5.74) is 0. The fraction of sp³-hybridized carbons (Fsp3) is 0.714. The van der Waals surface area contributed by atoms with Crippen molar-refractivity contribution in [2.75, 3.05) is 43.6 Å². The molecule has 0 spiro atoms. The van der Waals surface area contributed by atoms with Gasteiger partial charge in [0.05, 0.1) is 11.1 Å². The van der Waals surface area contributed by atoms with Crippen LogP contribution in [-0.4, -0.2) is 43.3 Å². The van der Waals surface area contributed by atoms with Crippen molar-refractivity contribution in [1.29, 1.82) is 0 Å². The zero-order valence-corrected chi connectivity index (χ0v) is 14.4. The SMILES string of the molecule is CCCNc1ncc(Br)c(N(CCOC)CC(C)C)n1. The number of aromatic nitrogens is 2. The van der Waals surface area contributed by atoms with Gasteiger partial charge in [0.2, 0.25) is 5.95 Å². The van der Waals surface area contributed by atoms with Gasteiger partial charge >= 0.3 is 0 Å². The number of nitrogens with zero attached hydrogens (tertiary/aromatic N) is 3. The molecule has 0 unspecified atom stereocenters. The number of ether oxygens (including phenoxy) is 1. The van der Waals surface area contributed by atoms with Crippen LogP contribution in [-0.2, 0) is 4.74 Å². The molecule has 0 aliphatic rings. The molecule has 0 fully saturated rings. The summed E-state index contributed by atoms with van der Waals surface area (Å²) in [5.74, 6) is 2.15. The first-order chi connectivity index (χ1) is 9.58. The van der Waals surface area contributed by atoms with Crippen LogP contribution in [0.25, 0.3) is 0 Å². The van der Waals surface area contributed by atoms with Gasteiger partial charge in [-0.2, -0.15) is 4.98 Å². The molecule has 1 heterocycles. The maximum atomic E-state index is 5.19. The van der Waals surface area contributed by atoms with Crippen LogP contribution >= 0.6 is 15.9 Å². The maximum absolute atomic E-state index is 5.19. The quantitative estimate of drug-likeness (QED) is 0.745. The Bertz CT molecular complexity index is 401. The van der Waals surface area contributed by atoms with E-state index in [1.807, 2.05) is 0 Å². The van der Waals surface area contributed by atoms with E-state index in [2.05, 4.69) is 56.9 Å². The van der Waals surface area contributed by atoms with Gasteiger partial charge in [-0.15, -0.1) is 0 Å². The van der Waals surface area contributed by atoms with Gasteiger partial charge < -0.3 is 15.0 Å². The predicted octanol–water partition coefficient (Wildman–Crippen LogP) is 3.17. The van der Waals surface area contributed by atoms with Crippen LogP contribution in [0.4, 0.5) is 11.8 Å². The topological polar surface area (TPSA) is 50.3 Å². The molecule has 0 atom stereocenters. The first-order valence-corrected chi connectivity index (χ1v) is 7.88. The van der Waals surface area contributed by atoms with Gasteiger partial charge in [-0.3, -0.25) is 0 Å². The summed E-state index contributed by atoms with van der Waals surface area (Å²) in [5, 5.41) is 3.23. The Balaban J connectivity index is 2.91. The highest BCUT2D eigenvalue weighted by molar-refractivity contribution is 9.10. The molecule has 0 bridgehead atoms. The lowest BCUT2D eigenvalue weighted by Crippen LogP contribution is -2.32. The van der Waals surface area contributed by atoms with E-state index in [1.54, 1.807) is 13.3 Å². The van der Waals surface area contributed by atoms with Gasteiger partial charge in [0.25, 0.3) is 0 Å². The van der Waals surface area contributed by atoms with E-state index < -0.39 is 0 Å². The van der Waals surface area contributed by atoms with E-state index in [-0.39, 0.29) is 0 Å². The summed E-state index contributed by atoms with van der Waals surface area (Å²) in [7, 11) is 1.72. The minimum atomic E-state index is 0.556. The van der Waals surface area contributed by atoms with Crippen molar-refractivity contribution < 1.29 is 4.74 Å². The third-order valence-electron chi connectivity index (χ3n) is 2.71. The highest BCUT2D eigenvalue weighted by Crippen LogP contribution is 2.25. The highest BCUT2D eigenvalue weighted by Gasteiger charge is 2.14. The molecule has 0 amide bonds. The molecule has 0 saturated heterocycles. The van der Waals surface area contributed by atoms with Crippen molar-refractivity contribution in [3.63, 3.8) is 0 Å². The lowest BCUT2D eigenvalue weighted by atomic mass is 10.2. The Labute approximate surface area is 130 Å². The summed E-state index contributed by atoms with van der Waals surface area (Å²) >= 11 is 3.55. The summed E-state index contributed by atoms with van der Waals surface area (Å²) in [6, 6.07) is 0. The minimum absolute atomic E-state index is 0.556. The Kier molecular flexibility index (Phi) is 7.84. The first-order valence-electron chi connectivity index (χ1n) is 7.08. The molecule has 0 radical (unpaired) electrons. The second-order valence-electron chi connectivity index (χ2n) is 5.12. The van der Waals surface area contributed by atoms with Crippen molar-refractivity contribution in [2.24, 2.45) is 5.92 Å². The maximum Gasteiger partial charge on any atom is 0.224 e. The van der Waals surface area contributed by atoms with E-state index in [4.69, 9.17) is 4.74 Å². The van der Waals surface area contributed by atoms with Crippen LogP contribution in [0.1, 0.15) is 27.2 Å². The second kappa shape index (κ2) is 9.13. The normalized spacial score (nSPS) is 10.9. The number of hydrogen-bond acceptors (Lipinski definition) is 5. The first kappa shape index (κ1) is 17.2. The Morgan fingerprint density at radius 3 is 2.80 bits per heavy atom. The highest BCUT2D eigenvalue weighted by atomic mass is 79.9. The fourth-order valence-corrected chi connectivity index (χ4v) is 2.27. The molecule has 0 aliphatic heterocycles. The van der Waals surface area contributed by atoms with Crippen LogP contribution in [0, 0.1) is 5.92 Å². The Morgan fingerprint density at radius 2 is 2.20 bits per heavy atom. The third-order valence-corrected chi connectivity index (χ3v) is 3.27. The van der Waals surface area contributed by atoms with Crippen molar-refractivity contribution >= 4 is 27.7 Å². The molecular formula is C14H25BrN4O. The van der Waals surface area contributed by atoms with Crippen molar-refractivity contribution in [2.45, 2.75) is 27.2 Å². The molecule has 1 aromatic rings. The molecule has 20 heavy (non-hydrogen) atoms. The average Bonchev–Trinajstić information content (AvgIpc) is 2.42. The number of anilines is 2. The van der Waals surface area contributed by atoms with E-state index in [0.29, 0.717) is 18.5 Å².